The molecule has 0 saturated carbocycles. The van der Waals surface area contributed by atoms with Gasteiger partial charge < -0.3 is 4.74 Å². The smallest absolute Gasteiger partial charge is 0.277 e. The van der Waals surface area contributed by atoms with Gasteiger partial charge in [-0.15, -0.1) is 0 Å². The maximum Gasteiger partial charge on any atom is 0.277 e. The maximum absolute atomic E-state index is 11.7. The second-order valence-corrected chi connectivity index (χ2v) is 5.19. The van der Waals surface area contributed by atoms with Crippen molar-refractivity contribution in [3.05, 3.63) is 41.0 Å². The molecule has 1 aliphatic rings. The van der Waals surface area contributed by atoms with E-state index in [1.807, 2.05) is 38.1 Å². The molecule has 1 amide bonds. The van der Waals surface area contributed by atoms with Crippen molar-refractivity contribution in [2.24, 2.45) is 5.10 Å². The number of allylic oxidation sites excluding steroid dienone is 2. The molecule has 106 valence electrons. The summed E-state index contributed by atoms with van der Waals surface area (Å²) in [6.07, 6.45) is 3.92. The molecule has 1 N–H and O–H groups in total. The number of ether oxygens (including phenoxy) is 1. The molecule has 2 rings (SSSR count). The number of amides is 1. The van der Waals surface area contributed by atoms with Gasteiger partial charge in [0.05, 0.1) is 5.71 Å². The number of carbonyl (C=O) groups excluding carboxylic acids is 1. The highest BCUT2D eigenvalue weighted by Gasteiger charge is 2.08. The molecule has 0 radical (unpaired) electrons. The van der Waals surface area contributed by atoms with E-state index in [1.54, 1.807) is 0 Å². The molecular formula is C16H20N2O2. The highest BCUT2D eigenvalue weighted by atomic mass is 16.5. The van der Waals surface area contributed by atoms with Crippen LogP contribution in [0.3, 0.4) is 0 Å². The first kappa shape index (κ1) is 14.3. The zero-order valence-corrected chi connectivity index (χ0v) is 12.2. The molecule has 4 heteroatoms. The molecule has 20 heavy (non-hydrogen) atoms. The van der Waals surface area contributed by atoms with Crippen molar-refractivity contribution < 1.29 is 9.53 Å². The monoisotopic (exact) mass is 272 g/mol. The van der Waals surface area contributed by atoms with Crippen LogP contribution < -0.4 is 10.2 Å². The molecule has 4 nitrogen and oxygen atoms in total. The Balaban J connectivity index is 1.85. The third-order valence-electron chi connectivity index (χ3n) is 3.22. The standard InChI is InChI=1S/C16H20N2O2/c1-11-5-7-14(8-11)17-18-16(19)10-20-15-9-12(2)4-6-13(15)3/h4,6,8-9H,5,7,10H2,1-3H3,(H,18,19)/b17-14-. The summed E-state index contributed by atoms with van der Waals surface area (Å²) in [7, 11) is 0. The Hall–Kier alpha value is -2.10. The number of carbonyl (C=O) groups is 1. The van der Waals surface area contributed by atoms with Gasteiger partial charge in [0.2, 0.25) is 0 Å². The number of hydrogen-bond donors (Lipinski definition) is 1. The molecule has 1 aromatic rings. The van der Waals surface area contributed by atoms with E-state index in [1.165, 1.54) is 5.57 Å². The van der Waals surface area contributed by atoms with E-state index in [2.05, 4.69) is 17.5 Å². The van der Waals surface area contributed by atoms with Gasteiger partial charge >= 0.3 is 0 Å². The average Bonchev–Trinajstić information content (AvgIpc) is 2.83. The zero-order chi connectivity index (χ0) is 14.5. The molecule has 0 aromatic heterocycles. The lowest BCUT2D eigenvalue weighted by atomic mass is 10.1. The first-order valence-corrected chi connectivity index (χ1v) is 6.77. The van der Waals surface area contributed by atoms with E-state index in [-0.39, 0.29) is 12.5 Å². The molecule has 0 atom stereocenters. The Morgan fingerprint density at radius 1 is 1.30 bits per heavy atom. The molecule has 0 heterocycles. The predicted octanol–water partition coefficient (Wildman–Crippen LogP) is 2.89. The van der Waals surface area contributed by atoms with E-state index in [0.29, 0.717) is 0 Å². The van der Waals surface area contributed by atoms with Gasteiger partial charge in [-0.1, -0.05) is 17.7 Å². The normalized spacial score (nSPS) is 16.1. The first-order chi connectivity index (χ1) is 9.54. The predicted molar refractivity (Wildman–Crippen MR) is 80.0 cm³/mol. The molecule has 1 aliphatic carbocycles. The van der Waals surface area contributed by atoms with Crippen LogP contribution in [0.15, 0.2) is 34.9 Å². The highest BCUT2D eigenvalue weighted by molar-refractivity contribution is 5.98. The molecule has 0 fully saturated rings. The van der Waals surface area contributed by atoms with Gasteiger partial charge in [0.15, 0.2) is 6.61 Å². The minimum atomic E-state index is -0.239. The Morgan fingerprint density at radius 3 is 2.80 bits per heavy atom. The molecule has 0 aliphatic heterocycles. The topological polar surface area (TPSA) is 50.7 Å². The second-order valence-electron chi connectivity index (χ2n) is 5.19. The summed E-state index contributed by atoms with van der Waals surface area (Å²) in [5.74, 6) is 0.501. The molecule has 1 aromatic carbocycles. The van der Waals surface area contributed by atoms with Crippen molar-refractivity contribution in [3.63, 3.8) is 0 Å². The van der Waals surface area contributed by atoms with Crippen molar-refractivity contribution >= 4 is 11.6 Å². The van der Waals surface area contributed by atoms with Crippen molar-refractivity contribution in [3.8, 4) is 5.75 Å². The molecular weight excluding hydrogens is 252 g/mol. The second kappa shape index (κ2) is 6.37. The lowest BCUT2D eigenvalue weighted by molar-refractivity contribution is -0.123. The summed E-state index contributed by atoms with van der Waals surface area (Å²) in [5, 5.41) is 4.09. The van der Waals surface area contributed by atoms with Crippen LogP contribution in [0.4, 0.5) is 0 Å². The fourth-order valence-corrected chi connectivity index (χ4v) is 2.01. The molecule has 0 bridgehead atoms. The van der Waals surface area contributed by atoms with Crippen LogP contribution in [0.25, 0.3) is 0 Å². The van der Waals surface area contributed by atoms with Crippen molar-refractivity contribution in [2.75, 3.05) is 6.61 Å². The van der Waals surface area contributed by atoms with Crippen molar-refractivity contribution in [1.29, 1.82) is 0 Å². The van der Waals surface area contributed by atoms with Crippen LogP contribution >= 0.6 is 0 Å². The van der Waals surface area contributed by atoms with E-state index in [9.17, 15) is 4.79 Å². The van der Waals surface area contributed by atoms with Gasteiger partial charge in [-0.3, -0.25) is 4.79 Å². The fourth-order valence-electron chi connectivity index (χ4n) is 2.01. The van der Waals surface area contributed by atoms with E-state index in [4.69, 9.17) is 4.74 Å². The lowest BCUT2D eigenvalue weighted by Crippen LogP contribution is -2.25. The van der Waals surface area contributed by atoms with Gasteiger partial charge in [-0.05, 0) is 56.9 Å². The minimum absolute atomic E-state index is 0.0240. The van der Waals surface area contributed by atoms with Gasteiger partial charge in [-0.2, -0.15) is 5.10 Å². The van der Waals surface area contributed by atoms with Gasteiger partial charge in [0, 0.05) is 0 Å². The summed E-state index contributed by atoms with van der Waals surface area (Å²) >= 11 is 0. The number of rotatable bonds is 4. The van der Waals surface area contributed by atoms with Crippen LogP contribution in [-0.4, -0.2) is 18.2 Å². The van der Waals surface area contributed by atoms with E-state index in [0.717, 1.165) is 35.4 Å². The van der Waals surface area contributed by atoms with Crippen molar-refractivity contribution in [1.82, 2.24) is 5.43 Å². The summed E-state index contributed by atoms with van der Waals surface area (Å²) < 4.78 is 5.52. The van der Waals surface area contributed by atoms with Gasteiger partial charge in [0.25, 0.3) is 5.91 Å². The third-order valence-corrected chi connectivity index (χ3v) is 3.22. The number of hydrogen-bond acceptors (Lipinski definition) is 3. The van der Waals surface area contributed by atoms with Crippen LogP contribution in [0, 0.1) is 13.8 Å². The number of nitrogens with one attached hydrogen (secondary N) is 1. The van der Waals surface area contributed by atoms with E-state index >= 15 is 0 Å². The fraction of sp³-hybridized carbons (Fsp3) is 0.375. The number of benzene rings is 1. The van der Waals surface area contributed by atoms with Crippen LogP contribution in [0.5, 0.6) is 5.75 Å². The Bertz CT molecular complexity index is 574. The lowest BCUT2D eigenvalue weighted by Gasteiger charge is -2.09. The van der Waals surface area contributed by atoms with E-state index < -0.39 is 0 Å². The number of aryl methyl sites for hydroxylation is 2. The largest absolute Gasteiger partial charge is 0.483 e. The SMILES string of the molecule is CC1=C/C(=N\NC(=O)COc2cc(C)ccc2C)CC1. The average molecular weight is 272 g/mol. The summed E-state index contributed by atoms with van der Waals surface area (Å²) in [4.78, 5) is 11.7. The Labute approximate surface area is 119 Å². The number of hydrazone groups is 1. The first-order valence-electron chi connectivity index (χ1n) is 6.77. The van der Waals surface area contributed by atoms with Crippen LogP contribution in [0.1, 0.15) is 30.9 Å². The summed E-state index contributed by atoms with van der Waals surface area (Å²) in [6, 6.07) is 5.93. The van der Waals surface area contributed by atoms with Gasteiger partial charge in [0.1, 0.15) is 5.75 Å². The van der Waals surface area contributed by atoms with Crippen molar-refractivity contribution in [2.45, 2.75) is 33.6 Å². The maximum atomic E-state index is 11.7. The summed E-state index contributed by atoms with van der Waals surface area (Å²) in [6.45, 7) is 5.99. The zero-order valence-electron chi connectivity index (χ0n) is 12.2. The molecule has 0 saturated heterocycles. The molecule has 0 unspecified atom stereocenters. The highest BCUT2D eigenvalue weighted by Crippen LogP contribution is 2.18. The minimum Gasteiger partial charge on any atom is -0.483 e. The Kier molecular flexibility index (Phi) is 4.56. The third kappa shape index (κ3) is 3.95. The number of nitrogens with zero attached hydrogens (tertiary/aromatic N) is 1. The van der Waals surface area contributed by atoms with Gasteiger partial charge in [-0.25, -0.2) is 5.43 Å². The quantitative estimate of drug-likeness (QED) is 0.857. The van der Waals surface area contributed by atoms with Crippen LogP contribution in [-0.2, 0) is 4.79 Å². The Morgan fingerprint density at radius 2 is 2.10 bits per heavy atom. The summed E-state index contributed by atoms with van der Waals surface area (Å²) in [5.41, 5.74) is 6.87. The molecule has 0 spiro atoms. The van der Waals surface area contributed by atoms with Crippen LogP contribution in [0.2, 0.25) is 0 Å².